The molecule has 1 fully saturated rings. The van der Waals surface area contributed by atoms with Crippen LogP contribution in [0.1, 0.15) is 41.9 Å². The number of hydrogen-bond acceptors (Lipinski definition) is 5. The van der Waals surface area contributed by atoms with Gasteiger partial charge < -0.3 is 14.6 Å². The molecule has 134 valence electrons. The molecule has 1 aliphatic carbocycles. The first-order valence-electron chi connectivity index (χ1n) is 9.11. The maximum Gasteiger partial charge on any atom is 0.259 e. The molecule has 2 aromatic rings. The van der Waals surface area contributed by atoms with Crippen molar-refractivity contribution >= 4 is 27.5 Å². The van der Waals surface area contributed by atoms with E-state index < -0.39 is 0 Å². The van der Waals surface area contributed by atoms with Gasteiger partial charge in [0.1, 0.15) is 10.7 Å². The lowest BCUT2D eigenvalue weighted by Gasteiger charge is -2.26. The fraction of sp³-hybridized carbons (Fsp3) is 0.611. The molecule has 25 heavy (non-hydrogen) atoms. The summed E-state index contributed by atoms with van der Waals surface area (Å²) in [4.78, 5) is 36.4. The van der Waals surface area contributed by atoms with Crippen LogP contribution >= 0.6 is 11.3 Å². The second kappa shape index (κ2) is 7.25. The molecule has 4 rings (SSSR count). The van der Waals surface area contributed by atoms with Crippen molar-refractivity contribution in [2.24, 2.45) is 0 Å². The number of carbonyl (C=O) groups excluding carboxylic acids is 1. The first kappa shape index (κ1) is 16.7. The molecule has 1 amide bonds. The summed E-state index contributed by atoms with van der Waals surface area (Å²) in [5.74, 6) is 0.725. The molecule has 0 spiro atoms. The van der Waals surface area contributed by atoms with Crippen molar-refractivity contribution in [3.8, 4) is 0 Å². The van der Waals surface area contributed by atoms with Gasteiger partial charge in [0.15, 0.2) is 0 Å². The number of carbonyl (C=O) groups is 1. The number of aromatic amines is 1. The van der Waals surface area contributed by atoms with Crippen molar-refractivity contribution in [2.45, 2.75) is 44.9 Å². The van der Waals surface area contributed by atoms with Gasteiger partial charge in [0, 0.05) is 30.8 Å². The number of morpholine rings is 1. The molecule has 7 heteroatoms. The Hall–Kier alpha value is -1.73. The van der Waals surface area contributed by atoms with Crippen molar-refractivity contribution in [3.63, 3.8) is 0 Å². The standard InChI is InChI=1S/C18H23N3O3S/c22-15(21-8-10-24-11-9-21)7-6-14-19-17(23)16-12-4-2-1-3-5-13(12)25-18(16)20-14/h1-11H2,(H,19,20,23). The Labute approximate surface area is 150 Å². The Morgan fingerprint density at radius 1 is 1.20 bits per heavy atom. The molecule has 1 saturated heterocycles. The van der Waals surface area contributed by atoms with Crippen molar-refractivity contribution in [3.05, 3.63) is 26.6 Å². The van der Waals surface area contributed by atoms with Gasteiger partial charge in [-0.2, -0.15) is 0 Å². The van der Waals surface area contributed by atoms with Gasteiger partial charge in [-0.05, 0) is 31.2 Å². The summed E-state index contributed by atoms with van der Waals surface area (Å²) >= 11 is 1.66. The van der Waals surface area contributed by atoms with Crippen LogP contribution in [0.25, 0.3) is 10.2 Å². The maximum absolute atomic E-state index is 12.6. The van der Waals surface area contributed by atoms with Crippen LogP contribution in [0.2, 0.25) is 0 Å². The van der Waals surface area contributed by atoms with Crippen molar-refractivity contribution in [1.29, 1.82) is 0 Å². The van der Waals surface area contributed by atoms with Crippen LogP contribution in [0.15, 0.2) is 4.79 Å². The zero-order valence-corrected chi connectivity index (χ0v) is 15.1. The van der Waals surface area contributed by atoms with Gasteiger partial charge in [-0.15, -0.1) is 11.3 Å². The van der Waals surface area contributed by atoms with Crippen LogP contribution in [0.3, 0.4) is 0 Å². The molecular weight excluding hydrogens is 338 g/mol. The van der Waals surface area contributed by atoms with Crippen molar-refractivity contribution in [1.82, 2.24) is 14.9 Å². The molecule has 2 aliphatic rings. The van der Waals surface area contributed by atoms with E-state index in [1.165, 1.54) is 23.3 Å². The van der Waals surface area contributed by atoms with Gasteiger partial charge >= 0.3 is 0 Å². The number of thiophene rings is 1. The van der Waals surface area contributed by atoms with Crippen LogP contribution in [0.4, 0.5) is 0 Å². The minimum atomic E-state index is -0.0433. The Morgan fingerprint density at radius 2 is 2.00 bits per heavy atom. The normalized spacial score (nSPS) is 18.2. The highest BCUT2D eigenvalue weighted by Crippen LogP contribution is 2.32. The monoisotopic (exact) mass is 361 g/mol. The highest BCUT2D eigenvalue weighted by atomic mass is 32.1. The van der Waals surface area contributed by atoms with Gasteiger partial charge in [-0.1, -0.05) is 6.42 Å². The van der Waals surface area contributed by atoms with Gasteiger partial charge in [-0.25, -0.2) is 4.98 Å². The van der Waals surface area contributed by atoms with Crippen LogP contribution in [-0.2, 0) is 28.8 Å². The summed E-state index contributed by atoms with van der Waals surface area (Å²) < 4.78 is 5.27. The molecule has 0 atom stereocenters. The van der Waals surface area contributed by atoms with E-state index in [1.807, 2.05) is 4.90 Å². The Balaban J connectivity index is 1.53. The minimum absolute atomic E-state index is 0.0433. The van der Waals surface area contributed by atoms with E-state index in [1.54, 1.807) is 11.3 Å². The lowest BCUT2D eigenvalue weighted by molar-refractivity contribution is -0.135. The van der Waals surface area contributed by atoms with Gasteiger partial charge in [-0.3, -0.25) is 9.59 Å². The predicted octanol–water partition coefficient (Wildman–Crippen LogP) is 2.04. The number of nitrogens with zero attached hydrogens (tertiary/aromatic N) is 2. The lowest BCUT2D eigenvalue weighted by Crippen LogP contribution is -2.40. The number of aryl methyl sites for hydroxylation is 3. The molecule has 1 aliphatic heterocycles. The van der Waals surface area contributed by atoms with E-state index in [0.29, 0.717) is 45.0 Å². The number of H-pyrrole nitrogens is 1. The quantitative estimate of drug-likeness (QED) is 0.849. The maximum atomic E-state index is 12.6. The van der Waals surface area contributed by atoms with Crippen LogP contribution in [-0.4, -0.2) is 47.1 Å². The fourth-order valence-corrected chi connectivity index (χ4v) is 4.98. The van der Waals surface area contributed by atoms with Gasteiger partial charge in [0.2, 0.25) is 5.91 Å². The highest BCUT2D eigenvalue weighted by Gasteiger charge is 2.20. The molecule has 3 heterocycles. The second-order valence-electron chi connectivity index (χ2n) is 6.75. The lowest BCUT2D eigenvalue weighted by atomic mass is 10.1. The summed E-state index contributed by atoms with van der Waals surface area (Å²) in [6.45, 7) is 2.51. The summed E-state index contributed by atoms with van der Waals surface area (Å²) in [5.41, 5.74) is 1.17. The van der Waals surface area contributed by atoms with Crippen LogP contribution in [0, 0.1) is 0 Å². The zero-order chi connectivity index (χ0) is 17.2. The van der Waals surface area contributed by atoms with E-state index in [9.17, 15) is 9.59 Å². The Morgan fingerprint density at radius 3 is 2.84 bits per heavy atom. The zero-order valence-electron chi connectivity index (χ0n) is 14.3. The van der Waals surface area contributed by atoms with Gasteiger partial charge in [0.25, 0.3) is 5.56 Å². The number of nitrogens with one attached hydrogen (secondary N) is 1. The summed E-state index contributed by atoms with van der Waals surface area (Å²) in [6.07, 6.45) is 6.46. The van der Waals surface area contributed by atoms with E-state index in [0.717, 1.165) is 29.5 Å². The first-order valence-corrected chi connectivity index (χ1v) is 9.93. The number of ether oxygens (including phenoxy) is 1. The Kier molecular flexibility index (Phi) is 4.85. The molecular formula is C18H23N3O3S. The number of aromatic nitrogens is 2. The van der Waals surface area contributed by atoms with Crippen LogP contribution < -0.4 is 5.56 Å². The molecule has 0 aromatic carbocycles. The molecule has 0 radical (unpaired) electrons. The van der Waals surface area contributed by atoms with Crippen molar-refractivity contribution in [2.75, 3.05) is 26.3 Å². The topological polar surface area (TPSA) is 75.3 Å². The number of amides is 1. The third kappa shape index (κ3) is 3.48. The minimum Gasteiger partial charge on any atom is -0.378 e. The third-order valence-electron chi connectivity index (χ3n) is 5.06. The number of hydrogen-bond donors (Lipinski definition) is 1. The highest BCUT2D eigenvalue weighted by molar-refractivity contribution is 7.18. The van der Waals surface area contributed by atoms with Crippen molar-refractivity contribution < 1.29 is 9.53 Å². The SMILES string of the molecule is O=C(CCc1nc2sc3c(c2c(=O)[nH]1)CCCCC3)N1CCOCC1. The van der Waals surface area contributed by atoms with E-state index in [2.05, 4.69) is 9.97 Å². The summed E-state index contributed by atoms with van der Waals surface area (Å²) in [5, 5.41) is 0.783. The average molecular weight is 361 g/mol. The Bertz CT molecular complexity index is 836. The summed E-state index contributed by atoms with van der Waals surface area (Å²) in [6, 6.07) is 0. The van der Waals surface area contributed by atoms with E-state index in [4.69, 9.17) is 4.74 Å². The number of rotatable bonds is 3. The molecule has 2 aromatic heterocycles. The average Bonchev–Trinajstić information content (AvgIpc) is 2.82. The summed E-state index contributed by atoms with van der Waals surface area (Å²) in [7, 11) is 0. The second-order valence-corrected chi connectivity index (χ2v) is 7.83. The third-order valence-corrected chi connectivity index (χ3v) is 6.25. The smallest absolute Gasteiger partial charge is 0.259 e. The van der Waals surface area contributed by atoms with Crippen LogP contribution in [0.5, 0.6) is 0 Å². The fourth-order valence-electron chi connectivity index (χ4n) is 3.70. The van der Waals surface area contributed by atoms with E-state index >= 15 is 0 Å². The molecule has 0 saturated carbocycles. The van der Waals surface area contributed by atoms with E-state index in [-0.39, 0.29) is 11.5 Å². The predicted molar refractivity (Wildman–Crippen MR) is 97.2 cm³/mol. The van der Waals surface area contributed by atoms with Gasteiger partial charge in [0.05, 0.1) is 18.6 Å². The first-order chi connectivity index (χ1) is 12.2. The molecule has 0 unspecified atom stereocenters. The molecule has 6 nitrogen and oxygen atoms in total. The molecule has 0 bridgehead atoms. The number of fused-ring (bicyclic) bond motifs is 3. The molecule has 1 N–H and O–H groups in total. The largest absolute Gasteiger partial charge is 0.378 e.